The molecule has 130 valence electrons. The Morgan fingerprint density at radius 3 is 2.64 bits per heavy atom. The molecule has 0 unspecified atom stereocenters. The number of nitrogens with one attached hydrogen (secondary N) is 2. The molecule has 0 fully saturated rings. The first-order valence-corrected chi connectivity index (χ1v) is 8.18. The summed E-state index contributed by atoms with van der Waals surface area (Å²) in [4.78, 5) is 26.1. The van der Waals surface area contributed by atoms with Crippen molar-refractivity contribution in [2.24, 2.45) is 0 Å². The zero-order valence-electron chi connectivity index (χ0n) is 14.1. The Bertz CT molecular complexity index is 970. The van der Waals surface area contributed by atoms with Crippen LogP contribution in [0.4, 0.5) is 0 Å². The Hall–Kier alpha value is -2.70. The highest BCUT2D eigenvalue weighted by atomic mass is 16.5. The third kappa shape index (κ3) is 4.04. The number of rotatable bonds is 7. The van der Waals surface area contributed by atoms with Crippen LogP contribution >= 0.6 is 0 Å². The minimum atomic E-state index is -0.417. The molecule has 0 amide bonds. The first kappa shape index (κ1) is 17.1. The molecule has 1 aromatic heterocycles. The van der Waals surface area contributed by atoms with Gasteiger partial charge in [-0.1, -0.05) is 42.5 Å². The lowest BCUT2D eigenvalue weighted by molar-refractivity contribution is 0.185. The maximum absolute atomic E-state index is 12.0. The molecule has 0 saturated heterocycles. The molecule has 0 atom stereocenters. The number of methoxy groups -OCH3 is 1. The molecule has 0 aliphatic rings. The van der Waals surface area contributed by atoms with Gasteiger partial charge in [-0.05, 0) is 16.3 Å². The van der Waals surface area contributed by atoms with Gasteiger partial charge in [0, 0.05) is 32.0 Å². The number of hydrogen-bond acceptors (Lipinski definition) is 4. The van der Waals surface area contributed by atoms with E-state index in [1.54, 1.807) is 13.3 Å². The molecule has 0 aliphatic carbocycles. The van der Waals surface area contributed by atoms with Gasteiger partial charge < -0.3 is 10.1 Å². The average molecular weight is 339 g/mol. The number of fused-ring (bicyclic) bond motifs is 1. The van der Waals surface area contributed by atoms with Crippen molar-refractivity contribution in [1.29, 1.82) is 0 Å². The summed E-state index contributed by atoms with van der Waals surface area (Å²) in [5, 5.41) is 5.67. The fourth-order valence-corrected chi connectivity index (χ4v) is 2.81. The largest absolute Gasteiger partial charge is 0.383 e. The summed E-state index contributed by atoms with van der Waals surface area (Å²) in [5.41, 5.74) is 0.919. The van der Waals surface area contributed by atoms with Gasteiger partial charge in [0.1, 0.15) is 0 Å². The van der Waals surface area contributed by atoms with Gasteiger partial charge in [-0.2, -0.15) is 0 Å². The minimum Gasteiger partial charge on any atom is -0.383 e. The quantitative estimate of drug-likeness (QED) is 0.686. The molecule has 3 aromatic rings. The summed E-state index contributed by atoms with van der Waals surface area (Å²) in [6, 6.07) is 14.4. The van der Waals surface area contributed by atoms with E-state index in [0.29, 0.717) is 31.8 Å². The van der Waals surface area contributed by atoms with E-state index < -0.39 is 5.69 Å². The maximum atomic E-state index is 12.0. The highest BCUT2D eigenvalue weighted by Gasteiger charge is 2.05. The topological polar surface area (TPSA) is 76.1 Å². The zero-order chi connectivity index (χ0) is 17.6. The van der Waals surface area contributed by atoms with E-state index in [9.17, 15) is 9.59 Å². The molecule has 2 aromatic carbocycles. The van der Waals surface area contributed by atoms with Gasteiger partial charge in [-0.15, -0.1) is 0 Å². The first-order chi connectivity index (χ1) is 12.2. The molecule has 6 heteroatoms. The van der Waals surface area contributed by atoms with Gasteiger partial charge in [0.05, 0.1) is 13.2 Å². The standard InChI is InChI=1S/C19H21N3O3/c1-25-10-9-22-13-16(18(23)21-19(22)24)12-20-11-15-7-4-6-14-5-2-3-8-17(14)15/h2-8,13,20H,9-12H2,1H3,(H,21,23,24). The maximum Gasteiger partial charge on any atom is 0.328 e. The lowest BCUT2D eigenvalue weighted by Crippen LogP contribution is -2.34. The van der Waals surface area contributed by atoms with Crippen LogP contribution in [-0.2, 0) is 24.4 Å². The minimum absolute atomic E-state index is 0.357. The van der Waals surface area contributed by atoms with Crippen LogP contribution in [0.15, 0.2) is 58.3 Å². The Kier molecular flexibility index (Phi) is 5.42. The van der Waals surface area contributed by atoms with Crippen molar-refractivity contribution in [3.05, 3.63) is 80.6 Å². The Morgan fingerprint density at radius 1 is 1.04 bits per heavy atom. The molecular weight excluding hydrogens is 318 g/mol. The molecule has 0 spiro atoms. The third-order valence-electron chi connectivity index (χ3n) is 4.13. The molecule has 6 nitrogen and oxygen atoms in total. The summed E-state index contributed by atoms with van der Waals surface area (Å²) in [6.45, 7) is 1.83. The van der Waals surface area contributed by atoms with E-state index in [-0.39, 0.29) is 5.56 Å². The molecule has 0 saturated carbocycles. The predicted octanol–water partition coefficient (Wildman–Crippen LogP) is 1.63. The van der Waals surface area contributed by atoms with Crippen LogP contribution in [0.3, 0.4) is 0 Å². The number of aromatic amines is 1. The van der Waals surface area contributed by atoms with Gasteiger partial charge in [-0.25, -0.2) is 4.79 Å². The summed E-state index contributed by atoms with van der Waals surface area (Å²) in [5.74, 6) is 0. The molecule has 0 bridgehead atoms. The number of H-pyrrole nitrogens is 1. The van der Waals surface area contributed by atoms with Crippen LogP contribution < -0.4 is 16.6 Å². The summed E-state index contributed by atoms with van der Waals surface area (Å²) < 4.78 is 6.44. The van der Waals surface area contributed by atoms with Gasteiger partial charge >= 0.3 is 5.69 Å². The van der Waals surface area contributed by atoms with Crippen molar-refractivity contribution in [3.8, 4) is 0 Å². The lowest BCUT2D eigenvalue weighted by atomic mass is 10.0. The highest BCUT2D eigenvalue weighted by molar-refractivity contribution is 5.85. The molecule has 25 heavy (non-hydrogen) atoms. The average Bonchev–Trinajstić information content (AvgIpc) is 2.63. The van der Waals surface area contributed by atoms with Crippen molar-refractivity contribution in [1.82, 2.24) is 14.9 Å². The van der Waals surface area contributed by atoms with Crippen LogP contribution in [0, 0.1) is 0 Å². The van der Waals surface area contributed by atoms with Crippen LogP contribution in [-0.4, -0.2) is 23.3 Å². The van der Waals surface area contributed by atoms with E-state index in [2.05, 4.69) is 34.6 Å². The Labute approximate surface area is 145 Å². The van der Waals surface area contributed by atoms with Gasteiger partial charge in [0.2, 0.25) is 0 Å². The number of benzene rings is 2. The highest BCUT2D eigenvalue weighted by Crippen LogP contribution is 2.18. The Balaban J connectivity index is 1.73. The van der Waals surface area contributed by atoms with Crippen molar-refractivity contribution >= 4 is 10.8 Å². The molecule has 3 rings (SSSR count). The SMILES string of the molecule is COCCn1cc(CNCc2cccc3ccccc23)c(=O)[nH]c1=O. The number of nitrogens with zero attached hydrogens (tertiary/aromatic N) is 1. The normalized spacial score (nSPS) is 11.1. The molecule has 0 aliphatic heterocycles. The van der Waals surface area contributed by atoms with Crippen LogP contribution in [0.5, 0.6) is 0 Å². The fourth-order valence-electron chi connectivity index (χ4n) is 2.81. The first-order valence-electron chi connectivity index (χ1n) is 8.18. The van der Waals surface area contributed by atoms with Gasteiger partial charge in [0.25, 0.3) is 5.56 Å². The van der Waals surface area contributed by atoms with Crippen LogP contribution in [0.25, 0.3) is 10.8 Å². The van der Waals surface area contributed by atoms with E-state index in [4.69, 9.17) is 4.74 Å². The Morgan fingerprint density at radius 2 is 1.80 bits per heavy atom. The van der Waals surface area contributed by atoms with Crippen molar-refractivity contribution in [2.45, 2.75) is 19.6 Å². The molecule has 1 heterocycles. The van der Waals surface area contributed by atoms with Crippen molar-refractivity contribution in [2.75, 3.05) is 13.7 Å². The fraction of sp³-hybridized carbons (Fsp3) is 0.263. The van der Waals surface area contributed by atoms with E-state index >= 15 is 0 Å². The monoisotopic (exact) mass is 339 g/mol. The van der Waals surface area contributed by atoms with Gasteiger partial charge in [0.15, 0.2) is 0 Å². The second kappa shape index (κ2) is 7.92. The molecular formula is C19H21N3O3. The number of hydrogen-bond donors (Lipinski definition) is 2. The zero-order valence-corrected chi connectivity index (χ0v) is 14.1. The summed E-state index contributed by atoms with van der Waals surface area (Å²) in [7, 11) is 1.57. The number of aromatic nitrogens is 2. The predicted molar refractivity (Wildman–Crippen MR) is 97.7 cm³/mol. The third-order valence-corrected chi connectivity index (χ3v) is 4.13. The van der Waals surface area contributed by atoms with E-state index in [0.717, 1.165) is 0 Å². The van der Waals surface area contributed by atoms with Crippen LogP contribution in [0.2, 0.25) is 0 Å². The van der Waals surface area contributed by atoms with Gasteiger partial charge in [-0.3, -0.25) is 14.3 Å². The second-order valence-corrected chi connectivity index (χ2v) is 5.84. The number of ether oxygens (including phenoxy) is 1. The van der Waals surface area contributed by atoms with Crippen LogP contribution in [0.1, 0.15) is 11.1 Å². The molecule has 0 radical (unpaired) electrons. The summed E-state index contributed by atoms with van der Waals surface area (Å²) >= 11 is 0. The molecule has 2 N–H and O–H groups in total. The van der Waals surface area contributed by atoms with Crippen molar-refractivity contribution in [3.63, 3.8) is 0 Å². The van der Waals surface area contributed by atoms with E-state index in [1.807, 2.05) is 18.2 Å². The van der Waals surface area contributed by atoms with Crippen molar-refractivity contribution < 1.29 is 4.74 Å². The second-order valence-electron chi connectivity index (χ2n) is 5.84. The summed E-state index contributed by atoms with van der Waals surface area (Å²) in [6.07, 6.45) is 1.59. The van der Waals surface area contributed by atoms with E-state index in [1.165, 1.54) is 20.9 Å². The smallest absolute Gasteiger partial charge is 0.328 e. The lowest BCUT2D eigenvalue weighted by Gasteiger charge is -2.10.